The molecule has 3 N–H and O–H groups in total. The summed E-state index contributed by atoms with van der Waals surface area (Å²) in [6.07, 6.45) is 1.06. The molecular formula is C16H26N2O3. The minimum atomic E-state index is -0.424. The number of rotatable bonds is 8. The third-order valence-corrected chi connectivity index (χ3v) is 3.21. The van der Waals surface area contributed by atoms with Crippen LogP contribution in [0.25, 0.3) is 0 Å². The van der Waals surface area contributed by atoms with Crippen molar-refractivity contribution in [1.82, 2.24) is 0 Å². The quantitative estimate of drug-likeness (QED) is 0.438. The molecule has 0 saturated heterocycles. The minimum Gasteiger partial charge on any atom is -0.465 e. The molecule has 0 atom stereocenters. The smallest absolute Gasteiger partial charge is 0.340 e. The first kappa shape index (κ1) is 17.3. The van der Waals surface area contributed by atoms with Gasteiger partial charge in [0.2, 0.25) is 0 Å². The lowest BCUT2D eigenvalue weighted by atomic mass is 10.1. The maximum atomic E-state index is 11.7. The molecule has 0 unspecified atom stereocenters. The van der Waals surface area contributed by atoms with E-state index >= 15 is 0 Å². The lowest BCUT2D eigenvalue weighted by Crippen LogP contribution is -2.13. The van der Waals surface area contributed by atoms with Gasteiger partial charge in [0.25, 0.3) is 0 Å². The predicted octanol–water partition coefficient (Wildman–Crippen LogP) is 2.84. The van der Waals surface area contributed by atoms with Crippen molar-refractivity contribution in [3.05, 3.63) is 23.3 Å². The second kappa shape index (κ2) is 8.52. The highest BCUT2D eigenvalue weighted by Crippen LogP contribution is 2.23. The Morgan fingerprint density at radius 1 is 1.33 bits per heavy atom. The van der Waals surface area contributed by atoms with Crippen LogP contribution >= 0.6 is 0 Å². The van der Waals surface area contributed by atoms with Gasteiger partial charge in [-0.3, -0.25) is 0 Å². The van der Waals surface area contributed by atoms with Gasteiger partial charge < -0.3 is 20.5 Å². The number of nitrogens with two attached hydrogens (primary N) is 1. The third-order valence-electron chi connectivity index (χ3n) is 3.21. The molecule has 0 aliphatic carbocycles. The molecule has 0 radical (unpaired) electrons. The molecule has 0 aromatic heterocycles. The van der Waals surface area contributed by atoms with Gasteiger partial charge in [-0.25, -0.2) is 4.79 Å². The van der Waals surface area contributed by atoms with E-state index in [0.717, 1.165) is 24.3 Å². The van der Waals surface area contributed by atoms with Crippen LogP contribution in [-0.2, 0) is 9.47 Å². The Labute approximate surface area is 126 Å². The molecule has 1 aromatic rings. The molecule has 1 aromatic carbocycles. The summed E-state index contributed by atoms with van der Waals surface area (Å²) in [5.41, 5.74) is 8.44. The summed E-state index contributed by atoms with van der Waals surface area (Å²) in [7, 11) is 1.35. The Hall–Kier alpha value is -1.75. The van der Waals surface area contributed by atoms with Crippen molar-refractivity contribution in [2.75, 3.05) is 37.9 Å². The first-order valence-corrected chi connectivity index (χ1v) is 7.25. The Morgan fingerprint density at radius 2 is 2.05 bits per heavy atom. The number of hydrogen-bond acceptors (Lipinski definition) is 5. The summed E-state index contributed by atoms with van der Waals surface area (Å²) >= 11 is 0. The van der Waals surface area contributed by atoms with Crippen molar-refractivity contribution in [2.24, 2.45) is 5.92 Å². The first-order chi connectivity index (χ1) is 9.95. The molecule has 1 rings (SSSR count). The molecule has 5 heteroatoms. The normalized spacial score (nSPS) is 10.7. The van der Waals surface area contributed by atoms with Crippen LogP contribution in [0.1, 0.15) is 36.2 Å². The van der Waals surface area contributed by atoms with Crippen LogP contribution in [0.15, 0.2) is 12.1 Å². The molecule has 0 fully saturated rings. The molecular weight excluding hydrogens is 268 g/mol. The standard InChI is InChI=1S/C16H26N2O3/c1-11(2)5-7-21-8-6-18-13-9-12(3)15(17)14(10-13)16(19)20-4/h9-11,18H,5-8,17H2,1-4H3. The van der Waals surface area contributed by atoms with Crippen molar-refractivity contribution in [1.29, 1.82) is 0 Å². The zero-order chi connectivity index (χ0) is 15.8. The lowest BCUT2D eigenvalue weighted by Gasteiger charge is -2.12. The van der Waals surface area contributed by atoms with E-state index in [-0.39, 0.29) is 0 Å². The van der Waals surface area contributed by atoms with E-state index in [1.54, 1.807) is 6.07 Å². The molecule has 0 bridgehead atoms. The molecule has 0 saturated carbocycles. The number of methoxy groups -OCH3 is 1. The topological polar surface area (TPSA) is 73.6 Å². The van der Waals surface area contributed by atoms with E-state index in [9.17, 15) is 4.79 Å². The summed E-state index contributed by atoms with van der Waals surface area (Å²) in [5, 5.41) is 3.23. The van der Waals surface area contributed by atoms with E-state index in [1.165, 1.54) is 7.11 Å². The average molecular weight is 294 g/mol. The molecule has 0 amide bonds. The van der Waals surface area contributed by atoms with E-state index in [4.69, 9.17) is 15.2 Å². The third kappa shape index (κ3) is 5.63. The summed E-state index contributed by atoms with van der Waals surface area (Å²) < 4.78 is 10.3. The molecule has 118 valence electrons. The largest absolute Gasteiger partial charge is 0.465 e. The number of esters is 1. The van der Waals surface area contributed by atoms with E-state index in [2.05, 4.69) is 19.2 Å². The van der Waals surface area contributed by atoms with E-state index in [0.29, 0.717) is 30.3 Å². The van der Waals surface area contributed by atoms with Crippen LogP contribution in [0, 0.1) is 12.8 Å². The van der Waals surface area contributed by atoms with Gasteiger partial charge in [0.15, 0.2) is 0 Å². The fourth-order valence-corrected chi connectivity index (χ4v) is 1.87. The van der Waals surface area contributed by atoms with Crippen molar-refractivity contribution in [3.63, 3.8) is 0 Å². The number of carbonyl (C=O) groups is 1. The van der Waals surface area contributed by atoms with Crippen LogP contribution in [0.5, 0.6) is 0 Å². The van der Waals surface area contributed by atoms with Gasteiger partial charge in [-0.2, -0.15) is 0 Å². The van der Waals surface area contributed by atoms with Crippen molar-refractivity contribution >= 4 is 17.3 Å². The number of anilines is 2. The molecule has 21 heavy (non-hydrogen) atoms. The van der Waals surface area contributed by atoms with Gasteiger partial charge in [-0.1, -0.05) is 13.8 Å². The highest BCUT2D eigenvalue weighted by Gasteiger charge is 2.13. The zero-order valence-electron chi connectivity index (χ0n) is 13.4. The zero-order valence-corrected chi connectivity index (χ0v) is 13.4. The second-order valence-corrected chi connectivity index (χ2v) is 5.47. The van der Waals surface area contributed by atoms with Gasteiger partial charge in [0, 0.05) is 24.5 Å². The van der Waals surface area contributed by atoms with Crippen molar-refractivity contribution in [3.8, 4) is 0 Å². The van der Waals surface area contributed by atoms with Gasteiger partial charge >= 0.3 is 5.97 Å². The Morgan fingerprint density at radius 3 is 2.67 bits per heavy atom. The number of hydrogen-bond donors (Lipinski definition) is 2. The number of carbonyl (C=O) groups excluding carboxylic acids is 1. The highest BCUT2D eigenvalue weighted by molar-refractivity contribution is 5.97. The number of nitrogens with one attached hydrogen (secondary N) is 1. The fourth-order valence-electron chi connectivity index (χ4n) is 1.87. The molecule has 0 aliphatic heterocycles. The van der Waals surface area contributed by atoms with Crippen molar-refractivity contribution in [2.45, 2.75) is 27.2 Å². The summed E-state index contributed by atoms with van der Waals surface area (Å²) in [4.78, 5) is 11.7. The molecule has 0 heterocycles. The second-order valence-electron chi connectivity index (χ2n) is 5.47. The predicted molar refractivity (Wildman–Crippen MR) is 85.7 cm³/mol. The molecule has 0 aliphatic rings. The minimum absolute atomic E-state index is 0.390. The van der Waals surface area contributed by atoms with E-state index < -0.39 is 5.97 Å². The highest BCUT2D eigenvalue weighted by atomic mass is 16.5. The fraction of sp³-hybridized carbons (Fsp3) is 0.562. The molecule has 5 nitrogen and oxygen atoms in total. The number of benzene rings is 1. The Kier molecular flexibility index (Phi) is 7.02. The summed E-state index contributed by atoms with van der Waals surface area (Å²) in [6, 6.07) is 3.62. The Bertz CT molecular complexity index is 473. The van der Waals surface area contributed by atoms with Gasteiger partial charge in [0.1, 0.15) is 0 Å². The van der Waals surface area contributed by atoms with E-state index in [1.807, 2.05) is 13.0 Å². The van der Waals surface area contributed by atoms with Crippen LogP contribution in [-0.4, -0.2) is 32.8 Å². The average Bonchev–Trinajstić information content (AvgIpc) is 2.45. The van der Waals surface area contributed by atoms with Crippen LogP contribution in [0.3, 0.4) is 0 Å². The maximum Gasteiger partial charge on any atom is 0.340 e. The SMILES string of the molecule is COC(=O)c1cc(NCCOCCC(C)C)cc(C)c1N. The van der Waals surface area contributed by atoms with Gasteiger partial charge in [0.05, 0.1) is 19.3 Å². The van der Waals surface area contributed by atoms with Gasteiger partial charge in [-0.05, 0) is 37.0 Å². The first-order valence-electron chi connectivity index (χ1n) is 7.25. The van der Waals surface area contributed by atoms with Crippen LogP contribution in [0.4, 0.5) is 11.4 Å². The van der Waals surface area contributed by atoms with Crippen LogP contribution < -0.4 is 11.1 Å². The summed E-state index contributed by atoms with van der Waals surface area (Å²) in [6.45, 7) is 8.30. The molecule has 0 spiro atoms. The van der Waals surface area contributed by atoms with Crippen molar-refractivity contribution < 1.29 is 14.3 Å². The Balaban J connectivity index is 2.52. The monoisotopic (exact) mass is 294 g/mol. The maximum absolute atomic E-state index is 11.7. The number of nitrogen functional groups attached to an aromatic ring is 1. The van der Waals surface area contributed by atoms with Crippen LogP contribution in [0.2, 0.25) is 0 Å². The lowest BCUT2D eigenvalue weighted by molar-refractivity contribution is 0.0602. The summed E-state index contributed by atoms with van der Waals surface area (Å²) in [5.74, 6) is 0.229. The number of aryl methyl sites for hydroxylation is 1. The van der Waals surface area contributed by atoms with Gasteiger partial charge in [-0.15, -0.1) is 0 Å². The number of ether oxygens (including phenoxy) is 2.